The summed E-state index contributed by atoms with van der Waals surface area (Å²) >= 11 is 0. The van der Waals surface area contributed by atoms with Gasteiger partial charge in [-0.2, -0.15) is 0 Å². The summed E-state index contributed by atoms with van der Waals surface area (Å²) in [5.74, 6) is 0.00648. The van der Waals surface area contributed by atoms with Gasteiger partial charge in [-0.15, -0.1) is 0 Å². The first-order valence-corrected chi connectivity index (χ1v) is 6.46. The Hall–Kier alpha value is -2.10. The molecule has 0 unspecified atom stereocenters. The third kappa shape index (κ3) is 3.44. The van der Waals surface area contributed by atoms with Crippen molar-refractivity contribution in [2.45, 2.75) is 33.1 Å². The fourth-order valence-electron chi connectivity index (χ4n) is 2.01. The van der Waals surface area contributed by atoms with Crippen molar-refractivity contribution in [3.05, 3.63) is 47.7 Å². The Morgan fingerprint density at radius 1 is 1.42 bits per heavy atom. The van der Waals surface area contributed by atoms with Crippen molar-refractivity contribution in [3.8, 4) is 0 Å². The van der Waals surface area contributed by atoms with Gasteiger partial charge >= 0.3 is 0 Å². The van der Waals surface area contributed by atoms with Crippen LogP contribution in [0, 0.1) is 6.92 Å². The molecule has 100 valence electrons. The molecule has 0 aliphatic carbocycles. The number of carbonyl (C=O) groups is 1. The standard InChI is InChI=1S/C15H18N2O2/c1-3-12-6-4-5-11(2)15(12)17-14(18)8-7-13-9-19-10-16-13/h4-6,9-10H,3,7-8H2,1-2H3,(H,17,18). The predicted octanol–water partition coefficient (Wildman–Crippen LogP) is 3.12. The molecule has 0 saturated carbocycles. The summed E-state index contributed by atoms with van der Waals surface area (Å²) in [7, 11) is 0. The number of para-hydroxylation sites is 1. The van der Waals surface area contributed by atoms with Crippen LogP contribution < -0.4 is 5.32 Å². The fourth-order valence-corrected chi connectivity index (χ4v) is 2.01. The molecule has 0 bridgehead atoms. The highest BCUT2D eigenvalue weighted by molar-refractivity contribution is 5.92. The van der Waals surface area contributed by atoms with Gasteiger partial charge in [0, 0.05) is 18.5 Å². The molecule has 0 atom stereocenters. The fraction of sp³-hybridized carbons (Fsp3) is 0.333. The molecule has 0 fully saturated rings. The van der Waals surface area contributed by atoms with E-state index in [2.05, 4.69) is 17.2 Å². The number of aryl methyl sites for hydroxylation is 3. The second kappa shape index (κ2) is 6.18. The van der Waals surface area contributed by atoms with Crippen molar-refractivity contribution in [1.29, 1.82) is 0 Å². The van der Waals surface area contributed by atoms with Gasteiger partial charge in [-0.25, -0.2) is 4.98 Å². The zero-order valence-corrected chi connectivity index (χ0v) is 11.3. The molecule has 2 rings (SSSR count). The lowest BCUT2D eigenvalue weighted by atomic mass is 10.1. The minimum Gasteiger partial charge on any atom is -0.451 e. The summed E-state index contributed by atoms with van der Waals surface area (Å²) < 4.78 is 4.88. The second-order valence-electron chi connectivity index (χ2n) is 4.49. The molecule has 0 spiro atoms. The number of amides is 1. The molecule has 1 aromatic heterocycles. The zero-order valence-electron chi connectivity index (χ0n) is 11.3. The Morgan fingerprint density at radius 3 is 2.95 bits per heavy atom. The number of benzene rings is 1. The number of hydrogen-bond acceptors (Lipinski definition) is 3. The Morgan fingerprint density at radius 2 is 2.26 bits per heavy atom. The summed E-state index contributed by atoms with van der Waals surface area (Å²) in [5.41, 5.74) is 4.00. The number of oxazole rings is 1. The van der Waals surface area contributed by atoms with Gasteiger partial charge in [0.1, 0.15) is 6.26 Å². The number of carbonyl (C=O) groups excluding carboxylic acids is 1. The molecule has 0 aliphatic rings. The van der Waals surface area contributed by atoms with Crippen molar-refractivity contribution >= 4 is 11.6 Å². The van der Waals surface area contributed by atoms with E-state index in [0.29, 0.717) is 12.8 Å². The summed E-state index contributed by atoms with van der Waals surface area (Å²) in [5, 5.41) is 2.99. The molecule has 19 heavy (non-hydrogen) atoms. The van der Waals surface area contributed by atoms with Crippen LogP contribution in [0.15, 0.2) is 35.3 Å². The van der Waals surface area contributed by atoms with Crippen LogP contribution in [0.25, 0.3) is 0 Å². The minimum absolute atomic E-state index is 0.00648. The largest absolute Gasteiger partial charge is 0.451 e. The first kappa shape index (κ1) is 13.3. The lowest BCUT2D eigenvalue weighted by Gasteiger charge is -2.12. The Kier molecular flexibility index (Phi) is 4.34. The number of anilines is 1. The van der Waals surface area contributed by atoms with Gasteiger partial charge in [-0.05, 0) is 24.5 Å². The summed E-state index contributed by atoms with van der Waals surface area (Å²) in [4.78, 5) is 16.0. The van der Waals surface area contributed by atoms with Crippen molar-refractivity contribution in [3.63, 3.8) is 0 Å². The third-order valence-corrected chi connectivity index (χ3v) is 3.10. The quantitative estimate of drug-likeness (QED) is 0.896. The van der Waals surface area contributed by atoms with Gasteiger partial charge in [-0.3, -0.25) is 4.79 Å². The van der Waals surface area contributed by atoms with E-state index in [4.69, 9.17) is 4.42 Å². The number of hydrogen-bond donors (Lipinski definition) is 1. The van der Waals surface area contributed by atoms with E-state index in [1.807, 2.05) is 25.1 Å². The smallest absolute Gasteiger partial charge is 0.224 e. The first-order valence-electron chi connectivity index (χ1n) is 6.46. The van der Waals surface area contributed by atoms with Crippen LogP contribution in [-0.4, -0.2) is 10.9 Å². The molecule has 1 N–H and O–H groups in total. The van der Waals surface area contributed by atoms with E-state index in [9.17, 15) is 4.79 Å². The SMILES string of the molecule is CCc1cccc(C)c1NC(=O)CCc1cocn1. The van der Waals surface area contributed by atoms with Crippen molar-refractivity contribution < 1.29 is 9.21 Å². The van der Waals surface area contributed by atoms with Crippen LogP contribution >= 0.6 is 0 Å². The maximum Gasteiger partial charge on any atom is 0.224 e. The van der Waals surface area contributed by atoms with E-state index in [0.717, 1.165) is 28.9 Å². The van der Waals surface area contributed by atoms with Gasteiger partial charge in [0.05, 0.1) is 5.69 Å². The monoisotopic (exact) mass is 258 g/mol. The van der Waals surface area contributed by atoms with Gasteiger partial charge in [0.2, 0.25) is 5.91 Å². The normalized spacial score (nSPS) is 10.4. The minimum atomic E-state index is 0.00648. The van der Waals surface area contributed by atoms with E-state index in [1.165, 1.54) is 6.39 Å². The molecule has 1 aromatic carbocycles. The molecule has 4 nitrogen and oxygen atoms in total. The maximum atomic E-state index is 12.0. The van der Waals surface area contributed by atoms with Gasteiger partial charge < -0.3 is 9.73 Å². The van der Waals surface area contributed by atoms with Crippen LogP contribution in [0.3, 0.4) is 0 Å². The first-order chi connectivity index (χ1) is 9.20. The zero-order chi connectivity index (χ0) is 13.7. The van der Waals surface area contributed by atoms with E-state index in [-0.39, 0.29) is 5.91 Å². The summed E-state index contributed by atoms with van der Waals surface area (Å²) in [6.07, 6.45) is 4.85. The molecular weight excluding hydrogens is 240 g/mol. The van der Waals surface area contributed by atoms with E-state index >= 15 is 0 Å². The highest BCUT2D eigenvalue weighted by Gasteiger charge is 2.09. The number of nitrogens with one attached hydrogen (secondary N) is 1. The molecule has 0 radical (unpaired) electrons. The van der Waals surface area contributed by atoms with Gasteiger partial charge in [-0.1, -0.05) is 25.1 Å². The molecule has 1 heterocycles. The van der Waals surface area contributed by atoms with Crippen molar-refractivity contribution in [1.82, 2.24) is 4.98 Å². The number of nitrogens with zero attached hydrogens (tertiary/aromatic N) is 1. The molecule has 2 aromatic rings. The number of aromatic nitrogens is 1. The van der Waals surface area contributed by atoms with E-state index < -0.39 is 0 Å². The van der Waals surface area contributed by atoms with Crippen LogP contribution in [-0.2, 0) is 17.6 Å². The topological polar surface area (TPSA) is 55.1 Å². The molecular formula is C15H18N2O2. The predicted molar refractivity (Wildman–Crippen MR) is 74.0 cm³/mol. The average molecular weight is 258 g/mol. The summed E-state index contributed by atoms with van der Waals surface area (Å²) in [6, 6.07) is 6.06. The Labute approximate surface area is 112 Å². The van der Waals surface area contributed by atoms with Crippen LogP contribution in [0.5, 0.6) is 0 Å². The lowest BCUT2D eigenvalue weighted by Crippen LogP contribution is -2.14. The Balaban J connectivity index is 1.99. The van der Waals surface area contributed by atoms with Crippen LogP contribution in [0.4, 0.5) is 5.69 Å². The molecule has 1 amide bonds. The van der Waals surface area contributed by atoms with E-state index in [1.54, 1.807) is 6.26 Å². The van der Waals surface area contributed by atoms with Gasteiger partial charge in [0.25, 0.3) is 0 Å². The lowest BCUT2D eigenvalue weighted by molar-refractivity contribution is -0.116. The van der Waals surface area contributed by atoms with Crippen LogP contribution in [0.2, 0.25) is 0 Å². The van der Waals surface area contributed by atoms with Crippen molar-refractivity contribution in [2.75, 3.05) is 5.32 Å². The maximum absolute atomic E-state index is 12.0. The average Bonchev–Trinajstić information content (AvgIpc) is 2.92. The second-order valence-corrected chi connectivity index (χ2v) is 4.49. The third-order valence-electron chi connectivity index (χ3n) is 3.10. The molecule has 0 saturated heterocycles. The van der Waals surface area contributed by atoms with Gasteiger partial charge in [0.15, 0.2) is 6.39 Å². The molecule has 0 aliphatic heterocycles. The molecule has 4 heteroatoms. The highest BCUT2D eigenvalue weighted by Crippen LogP contribution is 2.21. The van der Waals surface area contributed by atoms with Crippen LogP contribution in [0.1, 0.15) is 30.2 Å². The number of rotatable bonds is 5. The highest BCUT2D eigenvalue weighted by atomic mass is 16.3. The Bertz CT molecular complexity index is 547. The summed E-state index contributed by atoms with van der Waals surface area (Å²) in [6.45, 7) is 4.09. The van der Waals surface area contributed by atoms with Crippen molar-refractivity contribution in [2.24, 2.45) is 0 Å².